The molecule has 1 unspecified atom stereocenters. The Morgan fingerprint density at radius 2 is 2.64 bits per heavy atom. The predicted octanol–water partition coefficient (Wildman–Crippen LogP) is -0.0683. The zero-order valence-electron chi connectivity index (χ0n) is 5.94. The largest absolute Gasteiger partial charge is 0.479 e. The number of ether oxygens (including phenoxy) is 3. The third kappa shape index (κ3) is 1.62. The van der Waals surface area contributed by atoms with Crippen molar-refractivity contribution in [1.82, 2.24) is 0 Å². The molecule has 0 aromatic rings. The molecule has 0 bridgehead atoms. The highest BCUT2D eigenvalue weighted by Gasteiger charge is 2.26. The molecule has 1 heterocycles. The number of carboxylic acid groups (broad SMARTS) is 1. The Kier molecular flexibility index (Phi) is 2.32. The van der Waals surface area contributed by atoms with Gasteiger partial charge < -0.3 is 19.3 Å². The van der Waals surface area contributed by atoms with E-state index in [4.69, 9.17) is 9.84 Å². The van der Waals surface area contributed by atoms with E-state index >= 15 is 0 Å². The molecule has 0 aromatic heterocycles. The summed E-state index contributed by atoms with van der Waals surface area (Å²) >= 11 is 0. The van der Waals surface area contributed by atoms with Crippen LogP contribution in [-0.4, -0.2) is 31.1 Å². The number of methoxy groups -OCH3 is 1. The van der Waals surface area contributed by atoms with Gasteiger partial charge in [-0.05, 0) is 0 Å². The second-order valence-corrected chi connectivity index (χ2v) is 1.90. The molecule has 0 aromatic carbocycles. The van der Waals surface area contributed by atoms with Gasteiger partial charge in [0.2, 0.25) is 12.9 Å². The molecular weight excluding hydrogens is 152 g/mol. The molecule has 1 atom stereocenters. The second-order valence-electron chi connectivity index (χ2n) is 1.90. The van der Waals surface area contributed by atoms with Crippen molar-refractivity contribution in [2.24, 2.45) is 0 Å². The number of aliphatic carboxylic acids is 1. The van der Waals surface area contributed by atoms with E-state index in [0.717, 1.165) is 0 Å². The van der Waals surface area contributed by atoms with Crippen molar-refractivity contribution in [3.8, 4) is 0 Å². The lowest BCUT2D eigenvalue weighted by atomic mass is 10.3. The molecule has 0 saturated carbocycles. The SMILES string of the molecule is COC(C(=O)O)C1=COCO1. The van der Waals surface area contributed by atoms with E-state index in [9.17, 15) is 4.79 Å². The van der Waals surface area contributed by atoms with Gasteiger partial charge in [0.05, 0.1) is 0 Å². The second kappa shape index (κ2) is 3.25. The van der Waals surface area contributed by atoms with Crippen LogP contribution in [0.5, 0.6) is 0 Å². The van der Waals surface area contributed by atoms with Crippen LogP contribution in [0.1, 0.15) is 0 Å². The number of hydrogen-bond acceptors (Lipinski definition) is 4. The number of hydrogen-bond donors (Lipinski definition) is 1. The quantitative estimate of drug-likeness (QED) is 0.626. The van der Waals surface area contributed by atoms with E-state index in [1.165, 1.54) is 13.4 Å². The lowest BCUT2D eigenvalue weighted by Crippen LogP contribution is -2.24. The Balaban J connectivity index is 2.61. The molecule has 1 rings (SSSR count). The van der Waals surface area contributed by atoms with Gasteiger partial charge in [0.15, 0.2) is 5.76 Å². The molecule has 0 radical (unpaired) electrons. The summed E-state index contributed by atoms with van der Waals surface area (Å²) < 4.78 is 14.1. The summed E-state index contributed by atoms with van der Waals surface area (Å²) in [4.78, 5) is 10.4. The van der Waals surface area contributed by atoms with E-state index in [-0.39, 0.29) is 12.6 Å². The van der Waals surface area contributed by atoms with Crippen molar-refractivity contribution in [3.63, 3.8) is 0 Å². The van der Waals surface area contributed by atoms with Crippen molar-refractivity contribution in [3.05, 3.63) is 12.0 Å². The molecule has 1 N–H and O–H groups in total. The molecule has 11 heavy (non-hydrogen) atoms. The Bertz CT molecular complexity index is 185. The standard InChI is InChI=1S/C6H8O5/c1-9-5(6(7)8)4-2-10-3-11-4/h2,5H,3H2,1H3,(H,7,8). The average Bonchev–Trinajstić information content (AvgIpc) is 2.40. The molecule has 5 heteroatoms. The topological polar surface area (TPSA) is 65.0 Å². The number of carbonyl (C=O) groups is 1. The summed E-state index contributed by atoms with van der Waals surface area (Å²) in [5.41, 5.74) is 0. The fourth-order valence-corrected chi connectivity index (χ4v) is 0.728. The van der Waals surface area contributed by atoms with Gasteiger partial charge in [0.25, 0.3) is 0 Å². The Hall–Kier alpha value is -1.23. The minimum atomic E-state index is -1.09. The molecule has 0 aliphatic carbocycles. The lowest BCUT2D eigenvalue weighted by molar-refractivity contribution is -0.148. The van der Waals surface area contributed by atoms with Crippen LogP contribution in [0.25, 0.3) is 0 Å². The lowest BCUT2D eigenvalue weighted by Gasteiger charge is -2.08. The third-order valence-corrected chi connectivity index (χ3v) is 1.21. The Morgan fingerprint density at radius 3 is 3.00 bits per heavy atom. The van der Waals surface area contributed by atoms with Gasteiger partial charge in [0.1, 0.15) is 6.26 Å². The summed E-state index contributed by atoms with van der Waals surface area (Å²) in [7, 11) is 1.29. The highest BCUT2D eigenvalue weighted by Crippen LogP contribution is 2.13. The average molecular weight is 160 g/mol. The van der Waals surface area contributed by atoms with Gasteiger partial charge in [-0.3, -0.25) is 0 Å². The van der Waals surface area contributed by atoms with Crippen LogP contribution in [0.15, 0.2) is 12.0 Å². The van der Waals surface area contributed by atoms with E-state index < -0.39 is 12.1 Å². The molecule has 5 nitrogen and oxygen atoms in total. The Morgan fingerprint density at radius 1 is 1.91 bits per heavy atom. The van der Waals surface area contributed by atoms with Crippen LogP contribution in [0, 0.1) is 0 Å². The molecule has 0 spiro atoms. The first-order valence-electron chi connectivity index (χ1n) is 2.95. The van der Waals surface area contributed by atoms with E-state index in [2.05, 4.69) is 9.47 Å². The fourth-order valence-electron chi connectivity index (χ4n) is 0.728. The molecule has 62 valence electrons. The van der Waals surface area contributed by atoms with Crippen molar-refractivity contribution >= 4 is 5.97 Å². The highest BCUT2D eigenvalue weighted by molar-refractivity contribution is 5.75. The molecule has 0 saturated heterocycles. The van der Waals surface area contributed by atoms with Gasteiger partial charge in [-0.2, -0.15) is 0 Å². The molecule has 1 aliphatic heterocycles. The summed E-state index contributed by atoms with van der Waals surface area (Å²) in [6, 6.07) is 0. The van der Waals surface area contributed by atoms with Crippen molar-refractivity contribution < 1.29 is 24.1 Å². The maximum atomic E-state index is 10.4. The van der Waals surface area contributed by atoms with Crippen LogP contribution in [0.2, 0.25) is 0 Å². The first-order chi connectivity index (χ1) is 5.25. The van der Waals surface area contributed by atoms with Gasteiger partial charge in [0, 0.05) is 7.11 Å². The molecule has 1 aliphatic rings. The zero-order chi connectivity index (χ0) is 8.27. The predicted molar refractivity (Wildman–Crippen MR) is 33.6 cm³/mol. The summed E-state index contributed by atoms with van der Waals surface area (Å²) in [5, 5.41) is 8.53. The fraction of sp³-hybridized carbons (Fsp3) is 0.500. The molecular formula is C6H8O5. The summed E-state index contributed by atoms with van der Waals surface area (Å²) in [5.74, 6) is -0.899. The molecule has 0 fully saturated rings. The summed E-state index contributed by atoms with van der Waals surface area (Å²) in [6.07, 6.45) is 0.181. The highest BCUT2D eigenvalue weighted by atomic mass is 16.7. The third-order valence-electron chi connectivity index (χ3n) is 1.21. The van der Waals surface area contributed by atoms with Crippen molar-refractivity contribution in [1.29, 1.82) is 0 Å². The van der Waals surface area contributed by atoms with Gasteiger partial charge in [-0.15, -0.1) is 0 Å². The Labute approximate surface area is 63.2 Å². The monoisotopic (exact) mass is 160 g/mol. The smallest absolute Gasteiger partial charge is 0.340 e. The zero-order valence-corrected chi connectivity index (χ0v) is 5.94. The van der Waals surface area contributed by atoms with Crippen LogP contribution >= 0.6 is 0 Å². The summed E-state index contributed by atoms with van der Waals surface area (Å²) in [6.45, 7) is 0.0580. The van der Waals surface area contributed by atoms with Crippen molar-refractivity contribution in [2.45, 2.75) is 6.10 Å². The first kappa shape index (κ1) is 7.87. The maximum absolute atomic E-state index is 10.4. The number of rotatable bonds is 3. The van der Waals surface area contributed by atoms with Gasteiger partial charge in [-0.1, -0.05) is 0 Å². The maximum Gasteiger partial charge on any atom is 0.340 e. The minimum Gasteiger partial charge on any atom is -0.479 e. The van der Waals surface area contributed by atoms with Crippen LogP contribution in [-0.2, 0) is 19.0 Å². The van der Waals surface area contributed by atoms with E-state index in [0.29, 0.717) is 0 Å². The van der Waals surface area contributed by atoms with E-state index in [1.54, 1.807) is 0 Å². The minimum absolute atomic E-state index is 0.0580. The van der Waals surface area contributed by atoms with Crippen LogP contribution in [0.4, 0.5) is 0 Å². The molecule has 0 amide bonds. The van der Waals surface area contributed by atoms with Crippen molar-refractivity contribution in [2.75, 3.05) is 13.9 Å². The normalized spacial score (nSPS) is 18.1. The van der Waals surface area contributed by atoms with Gasteiger partial charge >= 0.3 is 5.97 Å². The first-order valence-corrected chi connectivity index (χ1v) is 2.95. The van der Waals surface area contributed by atoms with Gasteiger partial charge in [-0.25, -0.2) is 4.79 Å². The number of carboxylic acids is 1. The van der Waals surface area contributed by atoms with E-state index in [1.807, 2.05) is 0 Å². The van der Waals surface area contributed by atoms with Crippen LogP contribution < -0.4 is 0 Å². The van der Waals surface area contributed by atoms with Crippen LogP contribution in [0.3, 0.4) is 0 Å².